The fraction of sp³-hybridized carbons (Fsp3) is 0.500. The van der Waals surface area contributed by atoms with E-state index in [1.54, 1.807) is 6.20 Å². The number of benzene rings is 1. The van der Waals surface area contributed by atoms with Crippen LogP contribution in [-0.2, 0) is 15.7 Å². The predicted octanol–water partition coefficient (Wildman–Crippen LogP) is 3.99. The number of pyridine rings is 1. The third-order valence-corrected chi connectivity index (χ3v) is 4.91. The first kappa shape index (κ1) is 16.6. The second-order valence-electron chi connectivity index (χ2n) is 6.70. The summed E-state index contributed by atoms with van der Waals surface area (Å²) in [4.78, 5) is 6.28. The van der Waals surface area contributed by atoms with Crippen molar-refractivity contribution in [2.24, 2.45) is 0 Å². The molecule has 25 heavy (non-hydrogen) atoms. The molecule has 0 bridgehead atoms. The van der Waals surface area contributed by atoms with Crippen LogP contribution in [0.1, 0.15) is 25.3 Å². The molecule has 1 unspecified atom stereocenters. The molecule has 0 amide bonds. The summed E-state index contributed by atoms with van der Waals surface area (Å²) >= 11 is 0. The lowest BCUT2D eigenvalue weighted by molar-refractivity contribution is -0.178. The maximum absolute atomic E-state index is 12.9. The van der Waals surface area contributed by atoms with Crippen molar-refractivity contribution in [2.45, 2.75) is 37.8 Å². The first-order valence-corrected chi connectivity index (χ1v) is 8.39. The number of fused-ring (bicyclic) bond motifs is 1. The Bertz CT molecular complexity index is 785. The van der Waals surface area contributed by atoms with E-state index in [0.29, 0.717) is 12.1 Å². The van der Waals surface area contributed by atoms with Gasteiger partial charge in [0.15, 0.2) is 5.79 Å². The summed E-state index contributed by atoms with van der Waals surface area (Å²) in [6.07, 6.45) is -1.22. The molecule has 1 aromatic heterocycles. The van der Waals surface area contributed by atoms with Crippen LogP contribution in [0.3, 0.4) is 0 Å². The van der Waals surface area contributed by atoms with E-state index < -0.39 is 17.5 Å². The topological polar surface area (TPSA) is 34.6 Å². The molecule has 2 saturated heterocycles. The van der Waals surface area contributed by atoms with E-state index in [1.807, 2.05) is 13.0 Å². The Hall–Kier alpha value is -1.86. The lowest BCUT2D eigenvalue weighted by atomic mass is 10.0. The maximum atomic E-state index is 12.9. The summed E-state index contributed by atoms with van der Waals surface area (Å²) in [5.74, 6) is -0.498. The molecular formula is C18H19F3N2O2. The Morgan fingerprint density at radius 3 is 2.60 bits per heavy atom. The highest BCUT2D eigenvalue weighted by Crippen LogP contribution is 2.38. The van der Waals surface area contributed by atoms with Gasteiger partial charge in [0.05, 0.1) is 23.8 Å². The van der Waals surface area contributed by atoms with Crippen LogP contribution in [0.5, 0.6) is 0 Å². The molecule has 7 heteroatoms. The minimum absolute atomic E-state index is 0.106. The van der Waals surface area contributed by atoms with Crippen LogP contribution in [0.4, 0.5) is 18.9 Å². The van der Waals surface area contributed by atoms with Gasteiger partial charge in [-0.2, -0.15) is 13.2 Å². The minimum atomic E-state index is -4.36. The summed E-state index contributed by atoms with van der Waals surface area (Å²) < 4.78 is 50.5. The van der Waals surface area contributed by atoms with E-state index in [9.17, 15) is 13.2 Å². The van der Waals surface area contributed by atoms with Crippen molar-refractivity contribution in [1.82, 2.24) is 4.98 Å². The second-order valence-corrected chi connectivity index (χ2v) is 6.70. The number of piperidine rings is 1. The zero-order chi connectivity index (χ0) is 17.7. The molecule has 2 fully saturated rings. The molecular weight excluding hydrogens is 333 g/mol. The van der Waals surface area contributed by atoms with Gasteiger partial charge in [-0.25, -0.2) is 0 Å². The number of halogens is 3. The Morgan fingerprint density at radius 1 is 1.20 bits per heavy atom. The zero-order valence-corrected chi connectivity index (χ0v) is 13.8. The summed E-state index contributed by atoms with van der Waals surface area (Å²) in [6, 6.07) is 5.58. The number of rotatable bonds is 1. The van der Waals surface area contributed by atoms with Gasteiger partial charge in [0.25, 0.3) is 0 Å². The predicted molar refractivity (Wildman–Crippen MR) is 87.4 cm³/mol. The molecule has 1 atom stereocenters. The van der Waals surface area contributed by atoms with Crippen LogP contribution in [0, 0.1) is 0 Å². The SMILES string of the molecule is CC1COC2(CCN(c3ccnc4cc(C(F)(F)F)ccc34)CC2)O1. The number of hydrogen-bond donors (Lipinski definition) is 0. The Balaban J connectivity index is 1.60. The molecule has 2 aliphatic rings. The van der Waals surface area contributed by atoms with Crippen molar-refractivity contribution in [3.05, 3.63) is 36.0 Å². The van der Waals surface area contributed by atoms with Gasteiger partial charge >= 0.3 is 6.18 Å². The molecule has 2 aliphatic heterocycles. The lowest BCUT2D eigenvalue weighted by Gasteiger charge is -2.39. The van der Waals surface area contributed by atoms with Crippen LogP contribution >= 0.6 is 0 Å². The average Bonchev–Trinajstić information content (AvgIpc) is 2.94. The summed E-state index contributed by atoms with van der Waals surface area (Å²) in [6.45, 7) is 4.06. The first-order chi connectivity index (χ1) is 11.9. The highest BCUT2D eigenvalue weighted by molar-refractivity contribution is 5.92. The van der Waals surface area contributed by atoms with E-state index in [1.165, 1.54) is 6.07 Å². The van der Waals surface area contributed by atoms with E-state index in [0.717, 1.165) is 49.1 Å². The Morgan fingerprint density at radius 2 is 1.96 bits per heavy atom. The molecule has 0 aliphatic carbocycles. The fourth-order valence-corrected chi connectivity index (χ4v) is 3.64. The van der Waals surface area contributed by atoms with Gasteiger partial charge in [0, 0.05) is 43.2 Å². The average molecular weight is 352 g/mol. The Kier molecular flexibility index (Phi) is 3.88. The summed E-state index contributed by atoms with van der Waals surface area (Å²) in [7, 11) is 0. The van der Waals surface area contributed by atoms with Crippen molar-refractivity contribution < 1.29 is 22.6 Å². The maximum Gasteiger partial charge on any atom is 0.416 e. The molecule has 1 spiro atoms. The van der Waals surface area contributed by atoms with E-state index in [-0.39, 0.29) is 6.10 Å². The standard InChI is InChI=1S/C18H19F3N2O2/c1-12-11-24-17(25-12)5-8-23(9-6-17)16-4-7-22-15-10-13(18(19,20)21)2-3-14(15)16/h2-4,7,10,12H,5-6,8-9,11H2,1H3. The third kappa shape index (κ3) is 3.06. The number of aromatic nitrogens is 1. The number of hydrogen-bond acceptors (Lipinski definition) is 4. The highest BCUT2D eigenvalue weighted by Gasteiger charge is 2.42. The smallest absolute Gasteiger partial charge is 0.371 e. The summed E-state index contributed by atoms with van der Waals surface area (Å²) in [5, 5.41) is 0.730. The molecule has 134 valence electrons. The van der Waals surface area contributed by atoms with Gasteiger partial charge in [0.1, 0.15) is 0 Å². The van der Waals surface area contributed by atoms with Gasteiger partial charge in [-0.05, 0) is 25.1 Å². The van der Waals surface area contributed by atoms with E-state index in [4.69, 9.17) is 9.47 Å². The second kappa shape index (κ2) is 5.85. The number of alkyl halides is 3. The van der Waals surface area contributed by atoms with Crippen molar-refractivity contribution in [1.29, 1.82) is 0 Å². The van der Waals surface area contributed by atoms with E-state index in [2.05, 4.69) is 9.88 Å². The van der Waals surface area contributed by atoms with Crippen molar-refractivity contribution in [3.8, 4) is 0 Å². The largest absolute Gasteiger partial charge is 0.416 e. The monoisotopic (exact) mass is 352 g/mol. The van der Waals surface area contributed by atoms with Gasteiger partial charge in [-0.15, -0.1) is 0 Å². The van der Waals surface area contributed by atoms with Crippen LogP contribution in [0.25, 0.3) is 10.9 Å². The lowest BCUT2D eigenvalue weighted by Crippen LogP contribution is -2.45. The number of ether oxygens (including phenoxy) is 2. The third-order valence-electron chi connectivity index (χ3n) is 4.91. The molecule has 0 radical (unpaired) electrons. The normalized spacial score (nSPS) is 23.5. The van der Waals surface area contributed by atoms with Crippen molar-refractivity contribution in [2.75, 3.05) is 24.6 Å². The molecule has 4 rings (SSSR count). The van der Waals surface area contributed by atoms with Crippen LogP contribution in [0.15, 0.2) is 30.5 Å². The van der Waals surface area contributed by atoms with Crippen LogP contribution in [-0.4, -0.2) is 36.6 Å². The molecule has 0 saturated carbocycles. The molecule has 3 heterocycles. The minimum Gasteiger partial charge on any atom is -0.371 e. The van der Waals surface area contributed by atoms with Gasteiger partial charge < -0.3 is 14.4 Å². The fourth-order valence-electron chi connectivity index (χ4n) is 3.64. The van der Waals surface area contributed by atoms with Crippen LogP contribution in [0.2, 0.25) is 0 Å². The van der Waals surface area contributed by atoms with E-state index >= 15 is 0 Å². The van der Waals surface area contributed by atoms with Gasteiger partial charge in [0.2, 0.25) is 0 Å². The molecule has 0 N–H and O–H groups in total. The quantitative estimate of drug-likeness (QED) is 0.777. The number of anilines is 1. The summed E-state index contributed by atoms with van der Waals surface area (Å²) in [5.41, 5.74) is 0.582. The van der Waals surface area contributed by atoms with Crippen molar-refractivity contribution >= 4 is 16.6 Å². The Labute approximate surface area is 143 Å². The van der Waals surface area contributed by atoms with Gasteiger partial charge in [-0.3, -0.25) is 4.98 Å². The first-order valence-electron chi connectivity index (χ1n) is 8.39. The number of nitrogens with zero attached hydrogens (tertiary/aromatic N) is 2. The van der Waals surface area contributed by atoms with Crippen LogP contribution < -0.4 is 4.90 Å². The van der Waals surface area contributed by atoms with Gasteiger partial charge in [-0.1, -0.05) is 6.07 Å². The van der Waals surface area contributed by atoms with Crippen molar-refractivity contribution in [3.63, 3.8) is 0 Å². The highest BCUT2D eigenvalue weighted by atomic mass is 19.4. The zero-order valence-electron chi connectivity index (χ0n) is 13.8. The molecule has 4 nitrogen and oxygen atoms in total. The molecule has 2 aromatic rings. The molecule has 1 aromatic carbocycles.